The predicted octanol–water partition coefficient (Wildman–Crippen LogP) is 0.413. The average Bonchev–Trinajstić information content (AvgIpc) is 2.70. The van der Waals surface area contributed by atoms with Crippen molar-refractivity contribution in [2.75, 3.05) is 6.61 Å². The van der Waals surface area contributed by atoms with Crippen LogP contribution in [0.3, 0.4) is 0 Å². The molecule has 1 aliphatic heterocycles. The minimum Gasteiger partial charge on any atom is -0.445 e. The summed E-state index contributed by atoms with van der Waals surface area (Å²) in [5.74, 6) is 0.265. The van der Waals surface area contributed by atoms with Gasteiger partial charge in [0.2, 0.25) is 12.2 Å². The predicted molar refractivity (Wildman–Crippen MR) is 97.3 cm³/mol. The summed E-state index contributed by atoms with van der Waals surface area (Å²) in [6.45, 7) is 1.59. The van der Waals surface area contributed by atoms with Crippen LogP contribution in [-0.4, -0.2) is 62.7 Å². The topological polar surface area (TPSA) is 112 Å². The molecule has 0 unspecified atom stereocenters. The van der Waals surface area contributed by atoms with Crippen LogP contribution in [0.2, 0.25) is 0 Å². The van der Waals surface area contributed by atoms with Crippen LogP contribution in [0.5, 0.6) is 5.88 Å². The SMILES string of the molecule is CCc1ccc(Cc2cccnc2O[C@@H]2O[C@H](CO)[C@@H](O)[C@H](O)[C@H]2O)cc1. The van der Waals surface area contributed by atoms with Gasteiger partial charge in [0, 0.05) is 18.2 Å². The summed E-state index contributed by atoms with van der Waals surface area (Å²) in [4.78, 5) is 4.21. The van der Waals surface area contributed by atoms with E-state index >= 15 is 0 Å². The molecule has 146 valence electrons. The molecule has 1 saturated heterocycles. The van der Waals surface area contributed by atoms with Gasteiger partial charge in [-0.15, -0.1) is 0 Å². The standard InChI is InChI=1S/C20H25NO6/c1-2-12-5-7-13(8-6-12)10-14-4-3-9-21-19(14)27-20-18(25)17(24)16(23)15(11-22)26-20/h3-9,15-18,20,22-25H,2,10-11H2,1H3/t15-,16-,17+,18-,20+/m1/s1. The molecule has 1 aromatic heterocycles. The Hall–Kier alpha value is -2.03. The van der Waals surface area contributed by atoms with Crippen LogP contribution in [-0.2, 0) is 17.6 Å². The Balaban J connectivity index is 1.77. The fraction of sp³-hybridized carbons (Fsp3) is 0.450. The molecule has 1 aromatic carbocycles. The van der Waals surface area contributed by atoms with Crippen LogP contribution >= 0.6 is 0 Å². The number of pyridine rings is 1. The second-order valence-corrected chi connectivity index (χ2v) is 6.63. The third-order valence-corrected chi connectivity index (χ3v) is 4.75. The van der Waals surface area contributed by atoms with Gasteiger partial charge in [-0.2, -0.15) is 0 Å². The normalized spacial score (nSPS) is 28.1. The number of aromatic nitrogens is 1. The van der Waals surface area contributed by atoms with Crippen molar-refractivity contribution in [3.05, 3.63) is 59.3 Å². The number of benzene rings is 1. The number of aliphatic hydroxyl groups is 4. The molecule has 2 heterocycles. The number of ether oxygens (including phenoxy) is 2. The second-order valence-electron chi connectivity index (χ2n) is 6.63. The van der Waals surface area contributed by atoms with E-state index in [9.17, 15) is 20.4 Å². The molecule has 0 bridgehead atoms. The Labute approximate surface area is 157 Å². The molecule has 27 heavy (non-hydrogen) atoms. The summed E-state index contributed by atoms with van der Waals surface area (Å²) < 4.78 is 11.1. The summed E-state index contributed by atoms with van der Waals surface area (Å²) >= 11 is 0. The van der Waals surface area contributed by atoms with Crippen LogP contribution in [0.15, 0.2) is 42.6 Å². The molecule has 5 atom stereocenters. The van der Waals surface area contributed by atoms with Crippen LogP contribution in [0.1, 0.15) is 23.6 Å². The summed E-state index contributed by atoms with van der Waals surface area (Å²) in [7, 11) is 0. The largest absolute Gasteiger partial charge is 0.445 e. The van der Waals surface area contributed by atoms with Crippen molar-refractivity contribution in [1.82, 2.24) is 4.98 Å². The third-order valence-electron chi connectivity index (χ3n) is 4.75. The molecule has 7 heteroatoms. The van der Waals surface area contributed by atoms with E-state index in [-0.39, 0.29) is 5.88 Å². The Kier molecular flexibility index (Phi) is 6.41. The van der Waals surface area contributed by atoms with Crippen molar-refractivity contribution >= 4 is 0 Å². The van der Waals surface area contributed by atoms with Gasteiger partial charge in [-0.3, -0.25) is 0 Å². The molecule has 2 aromatic rings. The molecule has 0 aliphatic carbocycles. The van der Waals surface area contributed by atoms with Gasteiger partial charge in [0.1, 0.15) is 24.4 Å². The number of nitrogens with zero attached hydrogens (tertiary/aromatic N) is 1. The van der Waals surface area contributed by atoms with Crippen LogP contribution in [0.4, 0.5) is 0 Å². The monoisotopic (exact) mass is 375 g/mol. The van der Waals surface area contributed by atoms with Crippen molar-refractivity contribution in [3.8, 4) is 5.88 Å². The molecule has 4 N–H and O–H groups in total. The first kappa shape index (κ1) is 19.7. The summed E-state index contributed by atoms with van der Waals surface area (Å²) in [6.07, 6.45) is -3.56. The highest BCUT2D eigenvalue weighted by atomic mass is 16.7. The van der Waals surface area contributed by atoms with Gasteiger partial charge in [-0.05, 0) is 23.6 Å². The summed E-state index contributed by atoms with van der Waals surface area (Å²) in [6, 6.07) is 11.9. The molecule has 3 rings (SSSR count). The lowest BCUT2D eigenvalue weighted by molar-refractivity contribution is -0.278. The molecule has 1 aliphatic rings. The van der Waals surface area contributed by atoms with E-state index in [1.807, 2.05) is 18.2 Å². The molecule has 0 spiro atoms. The van der Waals surface area contributed by atoms with Gasteiger partial charge in [-0.25, -0.2) is 4.98 Å². The Bertz CT molecular complexity index is 736. The van der Waals surface area contributed by atoms with Crippen molar-refractivity contribution in [2.45, 2.75) is 50.5 Å². The molecule has 1 fully saturated rings. The van der Waals surface area contributed by atoms with E-state index in [1.54, 1.807) is 12.3 Å². The lowest BCUT2D eigenvalue weighted by Crippen LogP contribution is -2.60. The zero-order valence-corrected chi connectivity index (χ0v) is 15.1. The van der Waals surface area contributed by atoms with Gasteiger partial charge in [0.15, 0.2) is 0 Å². The Morgan fingerprint density at radius 2 is 1.70 bits per heavy atom. The van der Waals surface area contributed by atoms with E-state index in [1.165, 1.54) is 5.56 Å². The second kappa shape index (κ2) is 8.77. The zero-order valence-electron chi connectivity index (χ0n) is 15.1. The number of aryl methyl sites for hydroxylation is 1. The lowest BCUT2D eigenvalue weighted by Gasteiger charge is -2.39. The minimum atomic E-state index is -1.49. The van der Waals surface area contributed by atoms with Crippen LogP contribution in [0.25, 0.3) is 0 Å². The molecule has 0 saturated carbocycles. The highest BCUT2D eigenvalue weighted by molar-refractivity contribution is 5.33. The number of hydrogen-bond donors (Lipinski definition) is 4. The fourth-order valence-electron chi connectivity index (χ4n) is 3.05. The van der Waals surface area contributed by atoms with Gasteiger partial charge in [0.05, 0.1) is 6.61 Å². The van der Waals surface area contributed by atoms with Crippen molar-refractivity contribution in [3.63, 3.8) is 0 Å². The molecular weight excluding hydrogens is 350 g/mol. The summed E-state index contributed by atoms with van der Waals surface area (Å²) in [5, 5.41) is 39.2. The quantitative estimate of drug-likeness (QED) is 0.579. The third kappa shape index (κ3) is 4.45. The van der Waals surface area contributed by atoms with Crippen molar-refractivity contribution in [2.24, 2.45) is 0 Å². The van der Waals surface area contributed by atoms with E-state index in [4.69, 9.17) is 9.47 Å². The van der Waals surface area contributed by atoms with Crippen molar-refractivity contribution < 1.29 is 29.9 Å². The zero-order chi connectivity index (χ0) is 19.4. The number of rotatable bonds is 6. The first-order valence-electron chi connectivity index (χ1n) is 9.02. The first-order valence-corrected chi connectivity index (χ1v) is 9.02. The fourth-order valence-corrected chi connectivity index (χ4v) is 3.05. The number of hydrogen-bond acceptors (Lipinski definition) is 7. The molecule has 0 amide bonds. The van der Waals surface area contributed by atoms with E-state index in [0.29, 0.717) is 6.42 Å². The maximum absolute atomic E-state index is 10.2. The van der Waals surface area contributed by atoms with E-state index in [0.717, 1.165) is 17.5 Å². The molecular formula is C20H25NO6. The Morgan fingerprint density at radius 3 is 2.37 bits per heavy atom. The number of aliphatic hydroxyl groups excluding tert-OH is 4. The maximum Gasteiger partial charge on any atom is 0.231 e. The van der Waals surface area contributed by atoms with Gasteiger partial charge < -0.3 is 29.9 Å². The summed E-state index contributed by atoms with van der Waals surface area (Å²) in [5.41, 5.74) is 3.13. The average molecular weight is 375 g/mol. The van der Waals surface area contributed by atoms with Crippen LogP contribution < -0.4 is 4.74 Å². The first-order chi connectivity index (χ1) is 13.0. The van der Waals surface area contributed by atoms with Gasteiger partial charge in [-0.1, -0.05) is 37.3 Å². The highest BCUT2D eigenvalue weighted by Gasteiger charge is 2.45. The van der Waals surface area contributed by atoms with E-state index < -0.39 is 37.3 Å². The maximum atomic E-state index is 10.2. The molecule has 7 nitrogen and oxygen atoms in total. The Morgan fingerprint density at radius 1 is 1.00 bits per heavy atom. The smallest absolute Gasteiger partial charge is 0.231 e. The van der Waals surface area contributed by atoms with Gasteiger partial charge >= 0.3 is 0 Å². The lowest BCUT2D eigenvalue weighted by atomic mass is 9.99. The molecule has 0 radical (unpaired) electrons. The van der Waals surface area contributed by atoms with Crippen LogP contribution in [0, 0.1) is 0 Å². The van der Waals surface area contributed by atoms with Gasteiger partial charge in [0.25, 0.3) is 0 Å². The minimum absolute atomic E-state index is 0.265. The highest BCUT2D eigenvalue weighted by Crippen LogP contribution is 2.26. The van der Waals surface area contributed by atoms with E-state index in [2.05, 4.69) is 24.0 Å². The van der Waals surface area contributed by atoms with Crippen molar-refractivity contribution in [1.29, 1.82) is 0 Å².